The topological polar surface area (TPSA) is 71.3 Å². The van der Waals surface area contributed by atoms with E-state index < -0.39 is 23.7 Å². The first-order valence-corrected chi connectivity index (χ1v) is 6.92. The Labute approximate surface area is 131 Å². The third kappa shape index (κ3) is 3.85. The predicted octanol–water partition coefficient (Wildman–Crippen LogP) is 2.51. The zero-order chi connectivity index (χ0) is 16.1. The summed E-state index contributed by atoms with van der Waals surface area (Å²) in [5.74, 6) is -1.32. The molecule has 1 atom stereocenters. The van der Waals surface area contributed by atoms with E-state index >= 15 is 0 Å². The van der Waals surface area contributed by atoms with Crippen molar-refractivity contribution in [2.75, 3.05) is 0 Å². The maximum Gasteiger partial charge on any atom is 0.256 e. The van der Waals surface area contributed by atoms with Crippen LogP contribution >= 0.6 is 11.6 Å². The van der Waals surface area contributed by atoms with Gasteiger partial charge >= 0.3 is 0 Å². The Hall–Kier alpha value is -2.34. The molecule has 7 heteroatoms. The van der Waals surface area contributed by atoms with Gasteiger partial charge in [-0.05, 0) is 31.2 Å². The Kier molecular flexibility index (Phi) is 5.16. The van der Waals surface area contributed by atoms with Gasteiger partial charge in [0.2, 0.25) is 5.91 Å². The highest BCUT2D eigenvalue weighted by molar-refractivity contribution is 6.33. The number of amides is 2. The van der Waals surface area contributed by atoms with Crippen LogP contribution in [0.3, 0.4) is 0 Å². The van der Waals surface area contributed by atoms with Crippen LogP contribution in [0.25, 0.3) is 0 Å². The van der Waals surface area contributed by atoms with Gasteiger partial charge in [-0.1, -0.05) is 17.7 Å². The van der Waals surface area contributed by atoms with E-state index in [1.54, 1.807) is 12.1 Å². The van der Waals surface area contributed by atoms with Gasteiger partial charge in [-0.25, -0.2) is 4.39 Å². The van der Waals surface area contributed by atoms with Gasteiger partial charge in [0.05, 0.1) is 23.4 Å². The molecular weight excluding hydrogens is 311 g/mol. The van der Waals surface area contributed by atoms with Crippen LogP contribution in [0.4, 0.5) is 4.39 Å². The molecule has 0 aliphatic heterocycles. The molecule has 1 aromatic heterocycles. The fraction of sp³-hybridized carbons (Fsp3) is 0.200. The first-order chi connectivity index (χ1) is 10.5. The van der Waals surface area contributed by atoms with Crippen molar-refractivity contribution < 1.29 is 18.4 Å². The molecule has 0 bridgehead atoms. The Morgan fingerprint density at radius 1 is 1.32 bits per heavy atom. The molecule has 1 aromatic carbocycles. The van der Waals surface area contributed by atoms with Crippen molar-refractivity contribution in [2.24, 2.45) is 0 Å². The Balaban J connectivity index is 1.94. The van der Waals surface area contributed by atoms with Crippen molar-refractivity contribution >= 4 is 23.4 Å². The number of furan rings is 1. The molecule has 0 unspecified atom stereocenters. The first-order valence-electron chi connectivity index (χ1n) is 6.54. The largest absolute Gasteiger partial charge is 0.467 e. The number of carbonyl (C=O) groups is 2. The summed E-state index contributed by atoms with van der Waals surface area (Å²) in [6.07, 6.45) is 1.49. The normalized spacial score (nSPS) is 11.8. The molecule has 5 nitrogen and oxygen atoms in total. The van der Waals surface area contributed by atoms with Crippen molar-refractivity contribution in [3.63, 3.8) is 0 Å². The molecule has 2 rings (SSSR count). The van der Waals surface area contributed by atoms with Crippen LogP contribution in [0.2, 0.25) is 5.02 Å². The van der Waals surface area contributed by atoms with E-state index in [-0.39, 0.29) is 17.1 Å². The molecule has 0 spiro atoms. The fourth-order valence-electron chi connectivity index (χ4n) is 1.79. The SMILES string of the molecule is C[C@H](NC(=O)c1c(F)cccc1Cl)C(=O)NCc1ccco1. The number of benzene rings is 1. The van der Waals surface area contributed by atoms with E-state index in [9.17, 15) is 14.0 Å². The van der Waals surface area contributed by atoms with Crippen LogP contribution in [-0.2, 0) is 11.3 Å². The highest BCUT2D eigenvalue weighted by Crippen LogP contribution is 2.18. The van der Waals surface area contributed by atoms with Crippen LogP contribution in [-0.4, -0.2) is 17.9 Å². The summed E-state index contributed by atoms with van der Waals surface area (Å²) in [6, 6.07) is 6.49. The molecule has 22 heavy (non-hydrogen) atoms. The van der Waals surface area contributed by atoms with E-state index in [1.807, 2.05) is 0 Å². The van der Waals surface area contributed by atoms with E-state index in [2.05, 4.69) is 10.6 Å². The molecule has 0 aliphatic carbocycles. The highest BCUT2D eigenvalue weighted by atomic mass is 35.5. The summed E-state index contributed by atoms with van der Waals surface area (Å²) in [5, 5.41) is 4.99. The smallest absolute Gasteiger partial charge is 0.256 e. The summed E-state index contributed by atoms with van der Waals surface area (Å²) in [5.41, 5.74) is -0.283. The molecule has 0 saturated carbocycles. The zero-order valence-corrected chi connectivity index (χ0v) is 12.5. The summed E-state index contributed by atoms with van der Waals surface area (Å²) in [4.78, 5) is 23.9. The fourth-order valence-corrected chi connectivity index (χ4v) is 2.04. The van der Waals surface area contributed by atoms with Gasteiger partial charge in [0.1, 0.15) is 17.6 Å². The third-order valence-corrected chi connectivity index (χ3v) is 3.26. The minimum atomic E-state index is -0.849. The summed E-state index contributed by atoms with van der Waals surface area (Å²) < 4.78 is 18.7. The van der Waals surface area contributed by atoms with Crippen LogP contribution in [0.15, 0.2) is 41.0 Å². The van der Waals surface area contributed by atoms with Gasteiger partial charge in [0.15, 0.2) is 0 Å². The lowest BCUT2D eigenvalue weighted by atomic mass is 10.2. The monoisotopic (exact) mass is 324 g/mol. The second-order valence-corrected chi connectivity index (χ2v) is 5.00. The number of halogens is 2. The van der Waals surface area contributed by atoms with E-state index in [4.69, 9.17) is 16.0 Å². The van der Waals surface area contributed by atoms with Crippen molar-refractivity contribution in [1.29, 1.82) is 0 Å². The molecule has 0 radical (unpaired) electrons. The van der Waals surface area contributed by atoms with Gasteiger partial charge < -0.3 is 15.1 Å². The quantitative estimate of drug-likeness (QED) is 0.887. The second-order valence-electron chi connectivity index (χ2n) is 4.59. The first kappa shape index (κ1) is 16.0. The minimum absolute atomic E-state index is 0.0132. The van der Waals surface area contributed by atoms with Gasteiger partial charge in [0, 0.05) is 0 Å². The molecular formula is C15H14ClFN2O3. The number of hydrogen-bond acceptors (Lipinski definition) is 3. The maximum absolute atomic E-state index is 13.6. The average Bonchev–Trinajstić information content (AvgIpc) is 2.97. The van der Waals surface area contributed by atoms with Gasteiger partial charge in [-0.15, -0.1) is 0 Å². The average molecular weight is 325 g/mol. The molecule has 2 amide bonds. The Morgan fingerprint density at radius 3 is 2.73 bits per heavy atom. The van der Waals surface area contributed by atoms with Crippen molar-refractivity contribution in [3.05, 3.63) is 58.8 Å². The maximum atomic E-state index is 13.6. The van der Waals surface area contributed by atoms with Crippen LogP contribution in [0, 0.1) is 5.82 Å². The standard InChI is InChI=1S/C15H14ClFN2O3/c1-9(14(20)18-8-10-4-3-7-22-10)19-15(21)13-11(16)5-2-6-12(13)17/h2-7,9H,8H2,1H3,(H,18,20)(H,19,21)/t9-/m0/s1. The molecule has 116 valence electrons. The molecule has 2 aromatic rings. The van der Waals surface area contributed by atoms with Crippen LogP contribution < -0.4 is 10.6 Å². The lowest BCUT2D eigenvalue weighted by Crippen LogP contribution is -2.44. The number of hydrogen-bond donors (Lipinski definition) is 2. The zero-order valence-electron chi connectivity index (χ0n) is 11.7. The highest BCUT2D eigenvalue weighted by Gasteiger charge is 2.20. The van der Waals surface area contributed by atoms with Gasteiger partial charge in [-0.3, -0.25) is 9.59 Å². The van der Waals surface area contributed by atoms with E-state index in [0.29, 0.717) is 5.76 Å². The number of rotatable bonds is 5. The lowest BCUT2D eigenvalue weighted by molar-refractivity contribution is -0.122. The summed E-state index contributed by atoms with van der Waals surface area (Å²) in [6.45, 7) is 1.69. The third-order valence-electron chi connectivity index (χ3n) is 2.95. The molecule has 0 saturated heterocycles. The molecule has 2 N–H and O–H groups in total. The number of nitrogens with one attached hydrogen (secondary N) is 2. The summed E-state index contributed by atoms with van der Waals surface area (Å²) in [7, 11) is 0. The lowest BCUT2D eigenvalue weighted by Gasteiger charge is -2.14. The van der Waals surface area contributed by atoms with Gasteiger partial charge in [-0.2, -0.15) is 0 Å². The molecule has 0 aliphatic rings. The van der Waals surface area contributed by atoms with Gasteiger partial charge in [0.25, 0.3) is 5.91 Å². The van der Waals surface area contributed by atoms with E-state index in [0.717, 1.165) is 6.07 Å². The van der Waals surface area contributed by atoms with Crippen molar-refractivity contribution in [1.82, 2.24) is 10.6 Å². The van der Waals surface area contributed by atoms with Crippen LogP contribution in [0.5, 0.6) is 0 Å². The molecule has 0 fully saturated rings. The van der Waals surface area contributed by atoms with E-state index in [1.165, 1.54) is 25.3 Å². The second kappa shape index (κ2) is 7.09. The summed E-state index contributed by atoms with van der Waals surface area (Å²) >= 11 is 5.80. The Bertz CT molecular complexity index is 653. The number of carbonyl (C=O) groups excluding carboxylic acids is 2. The predicted molar refractivity (Wildman–Crippen MR) is 78.9 cm³/mol. The van der Waals surface area contributed by atoms with Crippen LogP contribution in [0.1, 0.15) is 23.0 Å². The Morgan fingerprint density at radius 2 is 2.09 bits per heavy atom. The van der Waals surface area contributed by atoms with Crippen molar-refractivity contribution in [2.45, 2.75) is 19.5 Å². The van der Waals surface area contributed by atoms with Crippen molar-refractivity contribution in [3.8, 4) is 0 Å². The minimum Gasteiger partial charge on any atom is -0.467 e. The molecule has 1 heterocycles.